The van der Waals surface area contributed by atoms with Crippen LogP contribution in [0.15, 0.2) is 59.5 Å². The Morgan fingerprint density at radius 2 is 1.96 bits per heavy atom. The summed E-state index contributed by atoms with van der Waals surface area (Å²) in [4.78, 5) is 25.9. The van der Waals surface area contributed by atoms with Crippen molar-refractivity contribution in [3.05, 3.63) is 76.4 Å². The number of thiocarbonyl (C=S) groups is 1. The summed E-state index contributed by atoms with van der Waals surface area (Å²) >= 11 is 6.26. The van der Waals surface area contributed by atoms with Crippen LogP contribution in [0.25, 0.3) is 6.08 Å². The van der Waals surface area contributed by atoms with Crippen molar-refractivity contribution in [3.8, 4) is 0 Å². The summed E-state index contributed by atoms with van der Waals surface area (Å²) in [7, 11) is 0. The fraction of sp³-hybridized carbons (Fsp3) is 0.105. The van der Waals surface area contributed by atoms with E-state index in [-0.39, 0.29) is 15.6 Å². The van der Waals surface area contributed by atoms with Gasteiger partial charge in [0.2, 0.25) is 0 Å². The molecule has 4 nitrogen and oxygen atoms in total. The first-order valence-electron chi connectivity index (χ1n) is 7.75. The molecule has 1 atom stereocenters. The molecule has 26 heavy (non-hydrogen) atoms. The summed E-state index contributed by atoms with van der Waals surface area (Å²) < 4.78 is 13.5. The van der Waals surface area contributed by atoms with Crippen LogP contribution in [0.4, 0.5) is 4.39 Å². The Hall–Kier alpha value is -2.51. The third-order valence-corrected chi connectivity index (χ3v) is 5.17. The van der Waals surface area contributed by atoms with Gasteiger partial charge in [-0.25, -0.2) is 9.18 Å². The SMILES string of the molecule is O=C(O)C(Cc1ccccc1)N1C(=O)/C(=C/c2cccc(F)c2)SC1=S. The minimum atomic E-state index is -1.13. The van der Waals surface area contributed by atoms with E-state index >= 15 is 0 Å². The summed E-state index contributed by atoms with van der Waals surface area (Å²) in [5.41, 5.74) is 1.31. The van der Waals surface area contributed by atoms with Gasteiger partial charge in [-0.05, 0) is 29.3 Å². The van der Waals surface area contributed by atoms with E-state index in [0.29, 0.717) is 5.56 Å². The molecule has 1 aliphatic rings. The van der Waals surface area contributed by atoms with Crippen LogP contribution in [0, 0.1) is 5.82 Å². The molecule has 1 unspecified atom stereocenters. The number of amides is 1. The lowest BCUT2D eigenvalue weighted by Crippen LogP contribution is -2.45. The fourth-order valence-corrected chi connectivity index (χ4v) is 3.98. The van der Waals surface area contributed by atoms with Gasteiger partial charge in [0.15, 0.2) is 0 Å². The number of aliphatic carboxylic acids is 1. The average molecular weight is 387 g/mol. The minimum absolute atomic E-state index is 0.149. The highest BCUT2D eigenvalue weighted by Crippen LogP contribution is 2.34. The summed E-state index contributed by atoms with van der Waals surface area (Å²) in [6.45, 7) is 0. The van der Waals surface area contributed by atoms with E-state index in [4.69, 9.17) is 12.2 Å². The van der Waals surface area contributed by atoms with Crippen LogP contribution in [-0.4, -0.2) is 32.2 Å². The van der Waals surface area contributed by atoms with Crippen molar-refractivity contribution in [2.24, 2.45) is 0 Å². The molecule has 0 radical (unpaired) electrons. The van der Waals surface area contributed by atoms with Crippen molar-refractivity contribution in [2.75, 3.05) is 0 Å². The third kappa shape index (κ3) is 4.00. The molecule has 2 aromatic rings. The predicted molar refractivity (Wildman–Crippen MR) is 103 cm³/mol. The molecule has 1 amide bonds. The monoisotopic (exact) mass is 387 g/mol. The Morgan fingerprint density at radius 1 is 1.23 bits per heavy atom. The minimum Gasteiger partial charge on any atom is -0.480 e. The molecule has 1 fully saturated rings. The van der Waals surface area contributed by atoms with Crippen molar-refractivity contribution in [1.82, 2.24) is 4.90 Å². The van der Waals surface area contributed by atoms with Crippen LogP contribution in [0.2, 0.25) is 0 Å². The highest BCUT2D eigenvalue weighted by atomic mass is 32.2. The molecule has 1 N–H and O–H groups in total. The van der Waals surface area contributed by atoms with E-state index in [9.17, 15) is 19.1 Å². The number of hydrogen-bond acceptors (Lipinski definition) is 4. The highest BCUT2D eigenvalue weighted by molar-refractivity contribution is 8.26. The number of halogens is 1. The maximum absolute atomic E-state index is 13.3. The molecular formula is C19H14FNO3S2. The van der Waals surface area contributed by atoms with Crippen LogP contribution in [-0.2, 0) is 16.0 Å². The van der Waals surface area contributed by atoms with E-state index in [2.05, 4.69) is 0 Å². The Balaban J connectivity index is 1.88. The van der Waals surface area contributed by atoms with Crippen LogP contribution in [0.1, 0.15) is 11.1 Å². The first-order valence-corrected chi connectivity index (χ1v) is 8.97. The molecule has 0 saturated carbocycles. The van der Waals surface area contributed by atoms with Gasteiger partial charge >= 0.3 is 5.97 Å². The quantitative estimate of drug-likeness (QED) is 0.626. The van der Waals surface area contributed by atoms with Crippen LogP contribution in [0.5, 0.6) is 0 Å². The Bertz CT molecular complexity index is 899. The Kier molecular flexibility index (Phi) is 5.49. The van der Waals surface area contributed by atoms with Crippen molar-refractivity contribution in [3.63, 3.8) is 0 Å². The number of carbonyl (C=O) groups is 2. The van der Waals surface area contributed by atoms with Gasteiger partial charge in [-0.3, -0.25) is 9.69 Å². The van der Waals surface area contributed by atoms with E-state index in [1.165, 1.54) is 24.3 Å². The van der Waals surface area contributed by atoms with Crippen LogP contribution >= 0.6 is 24.0 Å². The zero-order valence-corrected chi connectivity index (χ0v) is 15.1. The van der Waals surface area contributed by atoms with Gasteiger partial charge in [-0.1, -0.05) is 66.4 Å². The first kappa shape index (κ1) is 18.3. The molecule has 0 aromatic heterocycles. The van der Waals surface area contributed by atoms with E-state index in [1.54, 1.807) is 18.2 Å². The maximum Gasteiger partial charge on any atom is 0.327 e. The van der Waals surface area contributed by atoms with Crippen molar-refractivity contribution >= 4 is 46.3 Å². The van der Waals surface area contributed by atoms with Gasteiger partial charge in [0.1, 0.15) is 16.2 Å². The topological polar surface area (TPSA) is 57.6 Å². The number of benzene rings is 2. The Labute approximate surface area is 159 Å². The van der Waals surface area contributed by atoms with Gasteiger partial charge in [0, 0.05) is 6.42 Å². The third-order valence-electron chi connectivity index (χ3n) is 3.84. The zero-order chi connectivity index (χ0) is 18.7. The van der Waals surface area contributed by atoms with Gasteiger partial charge in [0.05, 0.1) is 4.91 Å². The second kappa shape index (κ2) is 7.80. The molecule has 1 saturated heterocycles. The lowest BCUT2D eigenvalue weighted by Gasteiger charge is -2.23. The van der Waals surface area contributed by atoms with Gasteiger partial charge in [-0.2, -0.15) is 0 Å². The summed E-state index contributed by atoms with van der Waals surface area (Å²) in [5.74, 6) is -2.02. The lowest BCUT2D eigenvalue weighted by molar-refractivity contribution is -0.145. The fourth-order valence-electron chi connectivity index (χ4n) is 2.62. The standard InChI is InChI=1S/C19H14FNO3S2/c20-14-8-4-7-13(9-14)11-16-17(22)21(19(25)26-16)15(18(23)24)10-12-5-2-1-3-6-12/h1-9,11,15H,10H2,(H,23,24)/b16-11-. The molecule has 132 valence electrons. The van der Waals surface area contributed by atoms with Crippen molar-refractivity contribution in [1.29, 1.82) is 0 Å². The second-order valence-electron chi connectivity index (χ2n) is 5.65. The number of nitrogens with zero attached hydrogens (tertiary/aromatic N) is 1. The molecule has 1 heterocycles. The van der Waals surface area contributed by atoms with E-state index in [0.717, 1.165) is 22.2 Å². The number of carbonyl (C=O) groups excluding carboxylic acids is 1. The largest absolute Gasteiger partial charge is 0.480 e. The molecule has 0 bridgehead atoms. The number of rotatable bonds is 5. The first-order chi connectivity index (χ1) is 12.5. The molecule has 2 aromatic carbocycles. The summed E-state index contributed by atoms with van der Waals surface area (Å²) in [6, 6.07) is 13.8. The van der Waals surface area contributed by atoms with Crippen molar-refractivity contribution in [2.45, 2.75) is 12.5 Å². The summed E-state index contributed by atoms with van der Waals surface area (Å²) in [5, 5.41) is 9.61. The predicted octanol–water partition coefficient (Wildman–Crippen LogP) is 3.72. The number of thioether (sulfide) groups is 1. The Morgan fingerprint density at radius 3 is 2.62 bits per heavy atom. The number of hydrogen-bond donors (Lipinski definition) is 1. The molecule has 3 rings (SSSR count). The van der Waals surface area contributed by atoms with Gasteiger partial charge in [-0.15, -0.1) is 0 Å². The highest BCUT2D eigenvalue weighted by Gasteiger charge is 2.40. The molecule has 1 aliphatic heterocycles. The molecule has 0 spiro atoms. The van der Waals surface area contributed by atoms with Gasteiger partial charge < -0.3 is 5.11 Å². The van der Waals surface area contributed by atoms with Crippen molar-refractivity contribution < 1.29 is 19.1 Å². The molecular weight excluding hydrogens is 373 g/mol. The molecule has 7 heteroatoms. The second-order valence-corrected chi connectivity index (χ2v) is 7.33. The lowest BCUT2D eigenvalue weighted by atomic mass is 10.0. The number of carboxylic acid groups (broad SMARTS) is 1. The van der Waals surface area contributed by atoms with E-state index in [1.807, 2.05) is 18.2 Å². The van der Waals surface area contributed by atoms with E-state index < -0.39 is 23.7 Å². The average Bonchev–Trinajstić information content (AvgIpc) is 2.87. The smallest absolute Gasteiger partial charge is 0.327 e. The summed E-state index contributed by atoms with van der Waals surface area (Å²) in [6.07, 6.45) is 1.67. The van der Waals surface area contributed by atoms with Crippen LogP contribution < -0.4 is 0 Å². The van der Waals surface area contributed by atoms with Gasteiger partial charge in [0.25, 0.3) is 5.91 Å². The normalized spacial score (nSPS) is 17.0. The number of carboxylic acids is 1. The maximum atomic E-state index is 13.3. The van der Waals surface area contributed by atoms with Crippen LogP contribution in [0.3, 0.4) is 0 Å². The zero-order valence-electron chi connectivity index (χ0n) is 13.5. The molecule has 0 aliphatic carbocycles.